The fourth-order valence-corrected chi connectivity index (χ4v) is 5.82. The van der Waals surface area contributed by atoms with Crippen molar-refractivity contribution >= 4 is 22.6 Å². The lowest BCUT2D eigenvalue weighted by Crippen LogP contribution is -2.36. The Kier molecular flexibility index (Phi) is 12.1. The van der Waals surface area contributed by atoms with Crippen molar-refractivity contribution in [1.29, 1.82) is 0 Å². The molecule has 45 heavy (non-hydrogen) atoms. The molecule has 1 aliphatic heterocycles. The highest BCUT2D eigenvalue weighted by molar-refractivity contribution is 5.97. The van der Waals surface area contributed by atoms with E-state index in [4.69, 9.17) is 9.72 Å². The molecule has 3 aromatic rings. The topological polar surface area (TPSA) is 77.5 Å². The average molecular weight is 613 g/mol. The fourth-order valence-electron chi connectivity index (χ4n) is 5.82. The normalized spacial score (nSPS) is 19.8. The van der Waals surface area contributed by atoms with Crippen molar-refractivity contribution in [2.45, 2.75) is 91.0 Å². The number of fused-ring (bicyclic) bond motifs is 1. The number of nitrogens with one attached hydrogen (secondary N) is 1. The molecular weight excluding hydrogens is 567 g/mol. The van der Waals surface area contributed by atoms with E-state index in [0.29, 0.717) is 30.4 Å². The maximum Gasteiger partial charge on any atom is 0.313 e. The summed E-state index contributed by atoms with van der Waals surface area (Å²) in [5, 5.41) is 4.95. The van der Waals surface area contributed by atoms with E-state index in [-0.39, 0.29) is 18.4 Å². The molecule has 1 aliphatic carbocycles. The van der Waals surface area contributed by atoms with Gasteiger partial charge in [-0.1, -0.05) is 90.3 Å². The van der Waals surface area contributed by atoms with Crippen LogP contribution in [0.4, 0.5) is 4.39 Å². The van der Waals surface area contributed by atoms with Gasteiger partial charge in [-0.25, -0.2) is 4.98 Å². The molecule has 2 aliphatic rings. The lowest BCUT2D eigenvalue weighted by Gasteiger charge is -2.20. The molecule has 6 nitrogen and oxygen atoms in total. The number of nitrogens with zero attached hydrogens (tertiary/aromatic N) is 1. The molecule has 0 unspecified atom stereocenters. The molecule has 7 heteroatoms. The molecule has 0 bridgehead atoms. The van der Waals surface area contributed by atoms with Crippen LogP contribution in [0.3, 0.4) is 0 Å². The number of carbonyl (C=O) groups excluding carboxylic acids is 2. The summed E-state index contributed by atoms with van der Waals surface area (Å²) in [6.45, 7) is 12.1. The standard InChI is InChI=1S/C36H39FN2O4.C2H6/c1-4-24-9-17-34(37)43-35(40)18-13-28(19-24)38-36(41)33-21-27-12-16-30(42-29-14-10-26(11-15-29)23(2)3)22-31(27)32(39-33)20-25-7-5-6-8-25;1-2/h4,9-12,14-17,21-23,25,28H,1,5-8,13,18-20H2,2-3H3,(H,38,41);1-2H3/b24-9+,34-17-;/t28-;/m1./s1. The molecule has 238 valence electrons. The number of cyclic esters (lactones) is 1. The van der Waals surface area contributed by atoms with Crippen LogP contribution in [0.15, 0.2) is 84.9 Å². The molecule has 1 saturated carbocycles. The van der Waals surface area contributed by atoms with Gasteiger partial charge in [0, 0.05) is 29.6 Å². The van der Waals surface area contributed by atoms with Crippen molar-refractivity contribution in [2.24, 2.45) is 5.92 Å². The van der Waals surface area contributed by atoms with E-state index >= 15 is 0 Å². The summed E-state index contributed by atoms with van der Waals surface area (Å²) in [6, 6.07) is 14.5. The molecule has 1 aromatic heterocycles. The van der Waals surface area contributed by atoms with Gasteiger partial charge >= 0.3 is 5.97 Å². The van der Waals surface area contributed by atoms with Crippen LogP contribution in [-0.2, 0) is 16.0 Å². The number of amides is 1. The summed E-state index contributed by atoms with van der Waals surface area (Å²) in [7, 11) is 0. The molecule has 0 radical (unpaired) electrons. The van der Waals surface area contributed by atoms with E-state index in [1.165, 1.54) is 24.5 Å². The van der Waals surface area contributed by atoms with Crippen LogP contribution in [-0.4, -0.2) is 22.9 Å². The lowest BCUT2D eigenvalue weighted by atomic mass is 9.97. The molecule has 1 fully saturated rings. The number of carbonyl (C=O) groups is 2. The van der Waals surface area contributed by atoms with Crippen LogP contribution in [0.5, 0.6) is 11.5 Å². The van der Waals surface area contributed by atoms with Crippen LogP contribution in [0.1, 0.15) is 100 Å². The van der Waals surface area contributed by atoms with Crippen molar-refractivity contribution in [2.75, 3.05) is 0 Å². The smallest absolute Gasteiger partial charge is 0.313 e. The fraction of sp³-hybridized carbons (Fsp3) is 0.395. The minimum absolute atomic E-state index is 0.0301. The molecule has 1 N–H and O–H groups in total. The number of allylic oxidation sites excluding steroid dienone is 3. The molecule has 2 heterocycles. The summed E-state index contributed by atoms with van der Waals surface area (Å²) in [5.41, 5.74) is 3.19. The Morgan fingerprint density at radius 1 is 1.07 bits per heavy atom. The maximum absolute atomic E-state index is 13.8. The van der Waals surface area contributed by atoms with Crippen molar-refractivity contribution < 1.29 is 23.5 Å². The third-order valence-electron chi connectivity index (χ3n) is 8.27. The number of halogens is 1. The third kappa shape index (κ3) is 9.37. The Labute approximate surface area is 266 Å². The second-order valence-corrected chi connectivity index (χ2v) is 11.8. The van der Waals surface area contributed by atoms with E-state index < -0.39 is 12.0 Å². The zero-order valence-electron chi connectivity index (χ0n) is 26.9. The minimum atomic E-state index is -0.959. The van der Waals surface area contributed by atoms with E-state index in [9.17, 15) is 14.0 Å². The second-order valence-electron chi connectivity index (χ2n) is 11.8. The van der Waals surface area contributed by atoms with E-state index in [0.717, 1.165) is 58.9 Å². The van der Waals surface area contributed by atoms with Crippen LogP contribution >= 0.6 is 0 Å². The Balaban J connectivity index is 0.00000226. The number of esters is 1. The number of ether oxygens (including phenoxy) is 2. The predicted octanol–water partition coefficient (Wildman–Crippen LogP) is 9.66. The molecule has 2 aromatic carbocycles. The van der Waals surface area contributed by atoms with E-state index in [1.807, 2.05) is 44.2 Å². The second kappa shape index (κ2) is 16.2. The number of rotatable bonds is 8. The lowest BCUT2D eigenvalue weighted by molar-refractivity contribution is -0.141. The first-order valence-corrected chi connectivity index (χ1v) is 16.2. The molecule has 0 spiro atoms. The number of benzene rings is 2. The predicted molar refractivity (Wildman–Crippen MR) is 178 cm³/mol. The SMILES string of the molecule is C=C/C1=C\C=C(\F)OC(=O)CC[C@@H](NC(=O)c2cc3ccc(Oc4ccc(C(C)C)cc4)cc3c(CC3CCCC3)n2)C1.CC. The summed E-state index contributed by atoms with van der Waals surface area (Å²) in [5.74, 6) is 1.47. The van der Waals surface area contributed by atoms with Gasteiger partial charge in [0.15, 0.2) is 0 Å². The number of aromatic nitrogens is 1. The van der Waals surface area contributed by atoms with Gasteiger partial charge in [0.1, 0.15) is 17.2 Å². The minimum Gasteiger partial charge on any atom is -0.457 e. The van der Waals surface area contributed by atoms with E-state index in [1.54, 1.807) is 12.1 Å². The highest BCUT2D eigenvalue weighted by atomic mass is 19.1. The first kappa shape index (κ1) is 33.6. The third-order valence-corrected chi connectivity index (χ3v) is 8.27. The maximum atomic E-state index is 13.8. The average Bonchev–Trinajstić information content (AvgIpc) is 3.56. The van der Waals surface area contributed by atoms with Gasteiger partial charge < -0.3 is 14.8 Å². The zero-order chi connectivity index (χ0) is 32.3. The Morgan fingerprint density at radius 2 is 1.78 bits per heavy atom. The Hall–Kier alpha value is -4.26. The van der Waals surface area contributed by atoms with Gasteiger partial charge in [-0.15, -0.1) is 0 Å². The van der Waals surface area contributed by atoms with Gasteiger partial charge in [0.2, 0.25) is 0 Å². The Morgan fingerprint density at radius 3 is 2.47 bits per heavy atom. The number of pyridine rings is 1. The number of hydrogen-bond donors (Lipinski definition) is 1. The van der Waals surface area contributed by atoms with Gasteiger partial charge in [-0.2, -0.15) is 4.39 Å². The van der Waals surface area contributed by atoms with Gasteiger partial charge in [0.25, 0.3) is 11.9 Å². The summed E-state index contributed by atoms with van der Waals surface area (Å²) in [6.07, 6.45) is 10.4. The van der Waals surface area contributed by atoms with E-state index in [2.05, 4.69) is 42.6 Å². The molecule has 1 amide bonds. The van der Waals surface area contributed by atoms with Crippen LogP contribution < -0.4 is 10.1 Å². The van der Waals surface area contributed by atoms with Crippen LogP contribution in [0, 0.1) is 5.92 Å². The largest absolute Gasteiger partial charge is 0.457 e. The summed E-state index contributed by atoms with van der Waals surface area (Å²) in [4.78, 5) is 30.5. The summed E-state index contributed by atoms with van der Waals surface area (Å²) >= 11 is 0. The highest BCUT2D eigenvalue weighted by Crippen LogP contribution is 2.33. The highest BCUT2D eigenvalue weighted by Gasteiger charge is 2.23. The zero-order valence-corrected chi connectivity index (χ0v) is 26.9. The van der Waals surface area contributed by atoms with Crippen LogP contribution in [0.25, 0.3) is 10.8 Å². The first-order chi connectivity index (χ1) is 21.8. The molecule has 1 atom stereocenters. The Bertz CT molecular complexity index is 1550. The molecule has 5 rings (SSSR count). The van der Waals surface area contributed by atoms with Gasteiger partial charge in [-0.05, 0) is 78.0 Å². The molecule has 0 saturated heterocycles. The van der Waals surface area contributed by atoms with Crippen molar-refractivity contribution in [3.05, 3.63) is 102 Å². The van der Waals surface area contributed by atoms with Gasteiger partial charge in [-0.3, -0.25) is 9.59 Å². The first-order valence-electron chi connectivity index (χ1n) is 16.2. The van der Waals surface area contributed by atoms with Gasteiger partial charge in [0.05, 0.1) is 0 Å². The number of hydrogen-bond acceptors (Lipinski definition) is 5. The summed E-state index contributed by atoms with van der Waals surface area (Å²) < 4.78 is 24.7. The monoisotopic (exact) mass is 612 g/mol. The quantitative estimate of drug-likeness (QED) is 0.256. The van der Waals surface area contributed by atoms with Crippen molar-refractivity contribution in [3.8, 4) is 11.5 Å². The van der Waals surface area contributed by atoms with Crippen LogP contribution in [0.2, 0.25) is 0 Å². The van der Waals surface area contributed by atoms with Crippen molar-refractivity contribution in [1.82, 2.24) is 10.3 Å². The van der Waals surface area contributed by atoms with Crippen molar-refractivity contribution in [3.63, 3.8) is 0 Å². The molecular formula is C38H45FN2O4.